The van der Waals surface area contributed by atoms with E-state index in [0.717, 1.165) is 31.2 Å². The summed E-state index contributed by atoms with van der Waals surface area (Å²) in [6.07, 6.45) is 0. The van der Waals surface area contributed by atoms with Crippen molar-refractivity contribution in [3.05, 3.63) is 80.7 Å². The number of fused-ring (bicyclic) bond motifs is 9. The number of aromatic nitrogens is 4. The van der Waals surface area contributed by atoms with Crippen molar-refractivity contribution < 1.29 is 0 Å². The molecule has 3 aromatic carbocycles. The van der Waals surface area contributed by atoms with Gasteiger partial charge in [-0.15, -0.1) is 0 Å². The summed E-state index contributed by atoms with van der Waals surface area (Å²) >= 11 is 2.22. The third-order valence-corrected chi connectivity index (χ3v) is 5.63. The van der Waals surface area contributed by atoms with Crippen LogP contribution < -0.4 is 5.56 Å². The maximum Gasteiger partial charge on any atom is 0.267 e. The van der Waals surface area contributed by atoms with E-state index in [4.69, 9.17) is 9.97 Å². The fourth-order valence-electron chi connectivity index (χ4n) is 3.78. The van der Waals surface area contributed by atoms with Crippen LogP contribution in [0.2, 0.25) is 0 Å². The maximum absolute atomic E-state index is 13.4. The molecule has 0 fully saturated rings. The topological polar surface area (TPSA) is 51.7 Å². The molecule has 3 heterocycles. The van der Waals surface area contributed by atoms with Crippen molar-refractivity contribution in [2.24, 2.45) is 0 Å². The van der Waals surface area contributed by atoms with Gasteiger partial charge in [-0.2, -0.15) is 0 Å². The predicted octanol–water partition coefficient (Wildman–Crippen LogP) is 4.41. The van der Waals surface area contributed by atoms with Crippen molar-refractivity contribution in [2.75, 3.05) is 0 Å². The molecular weight excluding hydrogens is 451 g/mol. The number of benzene rings is 3. The zero-order chi connectivity index (χ0) is 18.1. The minimum Gasteiger partial charge on any atom is -0.268 e. The van der Waals surface area contributed by atoms with Gasteiger partial charge >= 0.3 is 0 Å². The monoisotopic (exact) mass is 462 g/mol. The van der Waals surface area contributed by atoms with Crippen LogP contribution in [0, 0.1) is 3.57 Å². The lowest BCUT2D eigenvalue weighted by atomic mass is 10.2. The van der Waals surface area contributed by atoms with Crippen molar-refractivity contribution in [3.63, 3.8) is 0 Å². The molecule has 0 amide bonds. The molecule has 0 aliphatic rings. The van der Waals surface area contributed by atoms with Crippen molar-refractivity contribution in [3.8, 4) is 0 Å². The third kappa shape index (κ3) is 1.96. The molecule has 0 aliphatic heterocycles. The second-order valence-electron chi connectivity index (χ2n) is 6.49. The summed E-state index contributed by atoms with van der Waals surface area (Å²) in [5.74, 6) is 0.580. The average Bonchev–Trinajstić information content (AvgIpc) is 3.09. The summed E-state index contributed by atoms with van der Waals surface area (Å²) in [7, 11) is 0. The first-order valence-corrected chi connectivity index (χ1v) is 9.60. The van der Waals surface area contributed by atoms with Crippen molar-refractivity contribution in [2.45, 2.75) is 0 Å². The van der Waals surface area contributed by atoms with Gasteiger partial charge in [0.15, 0.2) is 0 Å². The van der Waals surface area contributed by atoms with E-state index < -0.39 is 0 Å². The second-order valence-corrected chi connectivity index (χ2v) is 7.74. The number of hydrogen-bond donors (Lipinski definition) is 0. The van der Waals surface area contributed by atoms with Gasteiger partial charge in [0.05, 0.1) is 27.5 Å². The fourth-order valence-corrected chi connectivity index (χ4v) is 4.27. The maximum atomic E-state index is 13.4. The molecular formula is C21H11IN4O. The van der Waals surface area contributed by atoms with E-state index in [0.29, 0.717) is 16.7 Å². The Kier molecular flexibility index (Phi) is 2.94. The van der Waals surface area contributed by atoms with Crippen LogP contribution in [-0.2, 0) is 0 Å². The van der Waals surface area contributed by atoms with Gasteiger partial charge in [0.25, 0.3) is 5.56 Å². The molecule has 0 radical (unpaired) electrons. The molecule has 5 nitrogen and oxygen atoms in total. The summed E-state index contributed by atoms with van der Waals surface area (Å²) in [6, 6.07) is 21.6. The smallest absolute Gasteiger partial charge is 0.267 e. The molecule has 128 valence electrons. The zero-order valence-electron chi connectivity index (χ0n) is 13.9. The lowest BCUT2D eigenvalue weighted by Crippen LogP contribution is -2.18. The Morgan fingerprint density at radius 3 is 2.41 bits per heavy atom. The van der Waals surface area contributed by atoms with Crippen LogP contribution in [0.4, 0.5) is 0 Å². The SMILES string of the molecule is O=c1c2cc(I)ccc2nc2n1c1ccccc1c1nc3ccccc3n12. The van der Waals surface area contributed by atoms with Gasteiger partial charge in [-0.1, -0.05) is 24.3 Å². The van der Waals surface area contributed by atoms with E-state index in [-0.39, 0.29) is 5.56 Å². The molecule has 0 aliphatic carbocycles. The van der Waals surface area contributed by atoms with Gasteiger partial charge in [0, 0.05) is 8.96 Å². The number of para-hydroxylation sites is 3. The van der Waals surface area contributed by atoms with Crippen LogP contribution in [0.5, 0.6) is 0 Å². The third-order valence-electron chi connectivity index (χ3n) is 4.96. The van der Waals surface area contributed by atoms with E-state index in [1.54, 1.807) is 4.40 Å². The van der Waals surface area contributed by atoms with Crippen LogP contribution >= 0.6 is 22.6 Å². The minimum atomic E-state index is -0.0654. The van der Waals surface area contributed by atoms with E-state index in [9.17, 15) is 4.79 Å². The van der Waals surface area contributed by atoms with E-state index in [2.05, 4.69) is 22.6 Å². The number of imidazole rings is 1. The Labute approximate surface area is 166 Å². The average molecular weight is 462 g/mol. The van der Waals surface area contributed by atoms with Crippen LogP contribution in [0.15, 0.2) is 71.5 Å². The van der Waals surface area contributed by atoms with Crippen molar-refractivity contribution in [1.82, 2.24) is 18.8 Å². The van der Waals surface area contributed by atoms with E-state index >= 15 is 0 Å². The normalized spacial score (nSPS) is 12.0. The van der Waals surface area contributed by atoms with Gasteiger partial charge < -0.3 is 0 Å². The van der Waals surface area contributed by atoms with Crippen LogP contribution in [0.3, 0.4) is 0 Å². The largest absolute Gasteiger partial charge is 0.268 e. The highest BCUT2D eigenvalue weighted by Gasteiger charge is 2.17. The molecule has 0 saturated carbocycles. The first-order chi connectivity index (χ1) is 13.2. The summed E-state index contributed by atoms with van der Waals surface area (Å²) in [6.45, 7) is 0. The Morgan fingerprint density at radius 2 is 1.52 bits per heavy atom. The first kappa shape index (κ1) is 15.1. The minimum absolute atomic E-state index is 0.0654. The van der Waals surface area contributed by atoms with Gasteiger partial charge in [-0.25, -0.2) is 14.4 Å². The lowest BCUT2D eigenvalue weighted by Gasteiger charge is -2.10. The molecule has 0 bridgehead atoms. The fraction of sp³-hybridized carbons (Fsp3) is 0. The molecule has 6 rings (SSSR count). The van der Waals surface area contributed by atoms with Crippen LogP contribution in [0.25, 0.3) is 44.3 Å². The Hall–Kier alpha value is -3.00. The zero-order valence-corrected chi connectivity index (χ0v) is 16.1. The van der Waals surface area contributed by atoms with Crippen LogP contribution in [0.1, 0.15) is 0 Å². The molecule has 0 unspecified atom stereocenters. The number of halogens is 1. The molecule has 0 N–H and O–H groups in total. The summed E-state index contributed by atoms with van der Waals surface area (Å²) in [5.41, 5.74) is 4.07. The van der Waals surface area contributed by atoms with Crippen molar-refractivity contribution in [1.29, 1.82) is 0 Å². The number of hydrogen-bond acceptors (Lipinski definition) is 3. The molecule has 6 heteroatoms. The molecule has 6 aromatic rings. The number of nitrogens with zero attached hydrogens (tertiary/aromatic N) is 4. The molecule has 3 aromatic heterocycles. The summed E-state index contributed by atoms with van der Waals surface area (Å²) in [5, 5.41) is 1.54. The van der Waals surface area contributed by atoms with Gasteiger partial charge in [0.1, 0.15) is 5.65 Å². The molecule has 0 atom stereocenters. The highest BCUT2D eigenvalue weighted by atomic mass is 127. The quantitative estimate of drug-likeness (QED) is 0.191. The highest BCUT2D eigenvalue weighted by Crippen LogP contribution is 2.26. The highest BCUT2D eigenvalue weighted by molar-refractivity contribution is 14.1. The van der Waals surface area contributed by atoms with E-state index in [1.165, 1.54) is 0 Å². The Balaban J connectivity index is 2.05. The summed E-state index contributed by atoms with van der Waals surface area (Å²) in [4.78, 5) is 23.1. The second kappa shape index (κ2) is 5.26. The van der Waals surface area contributed by atoms with Gasteiger partial charge in [-0.3, -0.25) is 9.20 Å². The van der Waals surface area contributed by atoms with Crippen LogP contribution in [-0.4, -0.2) is 18.8 Å². The lowest BCUT2D eigenvalue weighted by molar-refractivity contribution is 1.05. The predicted molar refractivity (Wildman–Crippen MR) is 115 cm³/mol. The first-order valence-electron chi connectivity index (χ1n) is 8.52. The Bertz CT molecular complexity index is 1610. The standard InChI is InChI=1S/C21H11IN4O/c22-12-9-10-15-14(11-12)20(27)26-17-7-3-1-5-13(17)19-23-16-6-2-4-8-18(16)25(19)21(26)24-15/h1-11H. The van der Waals surface area contributed by atoms with Gasteiger partial charge in [-0.05, 0) is 65.1 Å². The van der Waals surface area contributed by atoms with Crippen molar-refractivity contribution >= 4 is 66.9 Å². The summed E-state index contributed by atoms with van der Waals surface area (Å²) < 4.78 is 4.70. The number of rotatable bonds is 0. The Morgan fingerprint density at radius 1 is 0.741 bits per heavy atom. The molecule has 0 spiro atoms. The molecule has 0 saturated heterocycles. The van der Waals surface area contributed by atoms with Gasteiger partial charge in [0.2, 0.25) is 5.78 Å². The molecule has 27 heavy (non-hydrogen) atoms. The van der Waals surface area contributed by atoms with E-state index in [1.807, 2.05) is 71.1 Å².